The molecule has 0 aromatic heterocycles. The molecule has 0 aromatic rings. The van der Waals surface area contributed by atoms with E-state index in [-0.39, 0.29) is 24.6 Å². The molecular weight excluding hydrogens is 220 g/mol. The van der Waals surface area contributed by atoms with E-state index in [0.717, 1.165) is 32.5 Å². The minimum Gasteiger partial charge on any atom is -0.395 e. The van der Waals surface area contributed by atoms with Gasteiger partial charge in [0.1, 0.15) is 0 Å². The van der Waals surface area contributed by atoms with Crippen molar-refractivity contribution in [3.05, 3.63) is 0 Å². The third-order valence-corrected chi connectivity index (χ3v) is 3.76. The van der Waals surface area contributed by atoms with E-state index in [9.17, 15) is 9.90 Å². The van der Waals surface area contributed by atoms with E-state index in [0.29, 0.717) is 13.2 Å². The molecule has 2 atom stereocenters. The number of morpholine rings is 1. The van der Waals surface area contributed by atoms with Crippen LogP contribution in [0.15, 0.2) is 0 Å². The molecule has 0 spiro atoms. The standard InChI is InChI=1S/C12H22N2O3/c1-10(12(16)13-4-2-3-5-13)14-6-7-17-9-11(14)8-15/h10-11,15H,2-9H2,1H3. The van der Waals surface area contributed by atoms with Crippen molar-refractivity contribution >= 4 is 5.91 Å². The Morgan fingerprint density at radius 2 is 2.12 bits per heavy atom. The van der Waals surface area contributed by atoms with Gasteiger partial charge >= 0.3 is 0 Å². The van der Waals surface area contributed by atoms with Crippen molar-refractivity contribution in [2.45, 2.75) is 31.8 Å². The maximum Gasteiger partial charge on any atom is 0.239 e. The number of ether oxygens (including phenoxy) is 1. The largest absolute Gasteiger partial charge is 0.395 e. The van der Waals surface area contributed by atoms with Crippen LogP contribution in [0.2, 0.25) is 0 Å². The predicted octanol–water partition coefficient (Wildman–Crippen LogP) is -0.310. The van der Waals surface area contributed by atoms with Gasteiger partial charge in [0.15, 0.2) is 0 Å². The maximum absolute atomic E-state index is 12.3. The van der Waals surface area contributed by atoms with E-state index in [1.807, 2.05) is 11.8 Å². The molecule has 2 saturated heterocycles. The first-order chi connectivity index (χ1) is 8.24. The summed E-state index contributed by atoms with van der Waals surface area (Å²) < 4.78 is 5.33. The number of likely N-dealkylation sites (tertiary alicyclic amines) is 1. The van der Waals surface area contributed by atoms with Gasteiger partial charge in [-0.15, -0.1) is 0 Å². The first-order valence-electron chi connectivity index (χ1n) is 6.47. The summed E-state index contributed by atoms with van der Waals surface area (Å²) in [7, 11) is 0. The average molecular weight is 242 g/mol. The van der Waals surface area contributed by atoms with E-state index in [1.54, 1.807) is 0 Å². The van der Waals surface area contributed by atoms with Gasteiger partial charge < -0.3 is 14.7 Å². The topological polar surface area (TPSA) is 53.0 Å². The van der Waals surface area contributed by atoms with E-state index >= 15 is 0 Å². The summed E-state index contributed by atoms with van der Waals surface area (Å²) in [4.78, 5) is 16.3. The average Bonchev–Trinajstić information content (AvgIpc) is 2.90. The predicted molar refractivity (Wildman–Crippen MR) is 63.7 cm³/mol. The number of carbonyl (C=O) groups is 1. The lowest BCUT2D eigenvalue weighted by Crippen LogP contribution is -2.56. The summed E-state index contributed by atoms with van der Waals surface area (Å²) in [5.41, 5.74) is 0. The van der Waals surface area contributed by atoms with Crippen LogP contribution in [0.25, 0.3) is 0 Å². The van der Waals surface area contributed by atoms with Crippen LogP contribution in [0.4, 0.5) is 0 Å². The van der Waals surface area contributed by atoms with Gasteiger partial charge in [0.05, 0.1) is 31.9 Å². The van der Waals surface area contributed by atoms with E-state index in [1.165, 1.54) is 0 Å². The summed E-state index contributed by atoms with van der Waals surface area (Å²) in [5, 5.41) is 9.31. The fraction of sp³-hybridized carbons (Fsp3) is 0.917. The van der Waals surface area contributed by atoms with E-state index < -0.39 is 0 Å². The number of amides is 1. The highest BCUT2D eigenvalue weighted by Crippen LogP contribution is 2.16. The zero-order valence-electron chi connectivity index (χ0n) is 10.5. The Morgan fingerprint density at radius 3 is 2.76 bits per heavy atom. The number of hydrogen-bond donors (Lipinski definition) is 1. The van der Waals surface area contributed by atoms with Crippen molar-refractivity contribution in [2.24, 2.45) is 0 Å². The van der Waals surface area contributed by atoms with Crippen LogP contribution in [0.3, 0.4) is 0 Å². The van der Waals surface area contributed by atoms with Crippen molar-refractivity contribution in [1.82, 2.24) is 9.80 Å². The zero-order valence-corrected chi connectivity index (χ0v) is 10.5. The molecule has 5 heteroatoms. The Labute approximate surface area is 102 Å². The van der Waals surface area contributed by atoms with Gasteiger partial charge in [-0.2, -0.15) is 0 Å². The molecule has 2 fully saturated rings. The van der Waals surface area contributed by atoms with Crippen molar-refractivity contribution in [3.8, 4) is 0 Å². The normalized spacial score (nSPS) is 28.4. The van der Waals surface area contributed by atoms with Gasteiger partial charge in [0.25, 0.3) is 0 Å². The van der Waals surface area contributed by atoms with Crippen LogP contribution in [-0.2, 0) is 9.53 Å². The minimum absolute atomic E-state index is 0.0368. The summed E-state index contributed by atoms with van der Waals surface area (Å²) in [6.45, 7) is 5.66. The van der Waals surface area contributed by atoms with Gasteiger partial charge in [-0.1, -0.05) is 0 Å². The second-order valence-electron chi connectivity index (χ2n) is 4.86. The molecule has 2 aliphatic heterocycles. The Hall–Kier alpha value is -0.650. The van der Waals surface area contributed by atoms with Crippen LogP contribution < -0.4 is 0 Å². The fourth-order valence-corrected chi connectivity index (χ4v) is 2.68. The highest BCUT2D eigenvalue weighted by molar-refractivity contribution is 5.81. The molecule has 0 aliphatic carbocycles. The highest BCUT2D eigenvalue weighted by Gasteiger charge is 2.33. The van der Waals surface area contributed by atoms with E-state index in [2.05, 4.69) is 4.90 Å². The van der Waals surface area contributed by atoms with Gasteiger partial charge in [0.2, 0.25) is 5.91 Å². The Bertz CT molecular complexity index is 266. The first-order valence-corrected chi connectivity index (χ1v) is 6.47. The smallest absolute Gasteiger partial charge is 0.239 e. The molecule has 0 bridgehead atoms. The van der Waals surface area contributed by atoms with Gasteiger partial charge in [-0.05, 0) is 19.8 Å². The van der Waals surface area contributed by atoms with Gasteiger partial charge in [0, 0.05) is 19.6 Å². The van der Waals surface area contributed by atoms with E-state index in [4.69, 9.17) is 4.74 Å². The monoisotopic (exact) mass is 242 g/mol. The second-order valence-corrected chi connectivity index (χ2v) is 4.86. The SMILES string of the molecule is CC(C(=O)N1CCCC1)N1CCOCC1CO. The van der Waals surface area contributed by atoms with Gasteiger partial charge in [-0.25, -0.2) is 0 Å². The molecule has 2 aliphatic rings. The molecule has 1 amide bonds. The second kappa shape index (κ2) is 5.80. The Morgan fingerprint density at radius 1 is 1.41 bits per heavy atom. The molecule has 5 nitrogen and oxygen atoms in total. The lowest BCUT2D eigenvalue weighted by atomic mass is 10.1. The number of nitrogens with zero attached hydrogens (tertiary/aromatic N) is 2. The molecule has 1 N–H and O–H groups in total. The van der Waals surface area contributed by atoms with Crippen molar-refractivity contribution in [3.63, 3.8) is 0 Å². The quantitative estimate of drug-likeness (QED) is 0.737. The van der Waals surface area contributed by atoms with Crippen LogP contribution in [-0.4, -0.2) is 72.4 Å². The Balaban J connectivity index is 1.96. The molecule has 17 heavy (non-hydrogen) atoms. The number of rotatable bonds is 3. The molecular formula is C12H22N2O3. The number of hydrogen-bond acceptors (Lipinski definition) is 4. The lowest BCUT2D eigenvalue weighted by molar-refractivity contribution is -0.140. The van der Waals surface area contributed by atoms with Crippen LogP contribution >= 0.6 is 0 Å². The summed E-state index contributed by atoms with van der Waals surface area (Å²) in [6.07, 6.45) is 2.23. The Kier molecular flexibility index (Phi) is 4.36. The third kappa shape index (κ3) is 2.78. The summed E-state index contributed by atoms with van der Waals surface area (Å²) in [6, 6.07) is -0.181. The van der Waals surface area contributed by atoms with Crippen LogP contribution in [0.1, 0.15) is 19.8 Å². The molecule has 0 saturated carbocycles. The highest BCUT2D eigenvalue weighted by atomic mass is 16.5. The minimum atomic E-state index is -0.144. The number of carbonyl (C=O) groups excluding carboxylic acids is 1. The van der Waals surface area contributed by atoms with Gasteiger partial charge in [-0.3, -0.25) is 9.69 Å². The summed E-state index contributed by atoms with van der Waals surface area (Å²) in [5.74, 6) is 0.197. The molecule has 0 aromatic carbocycles. The number of aliphatic hydroxyl groups excluding tert-OH is 1. The molecule has 2 rings (SSSR count). The van der Waals surface area contributed by atoms with Crippen LogP contribution in [0, 0.1) is 0 Å². The van der Waals surface area contributed by atoms with Crippen molar-refractivity contribution in [2.75, 3.05) is 39.5 Å². The third-order valence-electron chi connectivity index (χ3n) is 3.76. The number of aliphatic hydroxyl groups is 1. The molecule has 0 radical (unpaired) electrons. The summed E-state index contributed by atoms with van der Waals surface area (Å²) >= 11 is 0. The molecule has 98 valence electrons. The van der Waals surface area contributed by atoms with Crippen LogP contribution in [0.5, 0.6) is 0 Å². The molecule has 2 heterocycles. The van der Waals surface area contributed by atoms with Crippen molar-refractivity contribution < 1.29 is 14.6 Å². The maximum atomic E-state index is 12.3. The lowest BCUT2D eigenvalue weighted by Gasteiger charge is -2.39. The molecule has 2 unspecified atom stereocenters. The van der Waals surface area contributed by atoms with Crippen molar-refractivity contribution in [1.29, 1.82) is 0 Å². The first kappa shape index (κ1) is 12.8. The zero-order chi connectivity index (χ0) is 12.3. The fourth-order valence-electron chi connectivity index (χ4n) is 2.68.